The van der Waals surface area contributed by atoms with Crippen LogP contribution in [0.15, 0.2) is 47.6 Å². The van der Waals surface area contributed by atoms with Crippen molar-refractivity contribution in [3.63, 3.8) is 0 Å². The van der Waals surface area contributed by atoms with Crippen LogP contribution in [0.4, 0.5) is 0 Å². The van der Waals surface area contributed by atoms with Gasteiger partial charge in [-0.1, -0.05) is 12.1 Å². The van der Waals surface area contributed by atoms with E-state index in [-0.39, 0.29) is 13.2 Å². The van der Waals surface area contributed by atoms with Crippen LogP contribution in [0.5, 0.6) is 11.5 Å². The standard InChI is InChI=1S/C19H26N4O3/c1-3-20-19(23-14-16-6-4-5-9-21-16)22-13-15-7-8-17(26-11-10-24)18(12-15)25-2/h4-9,12,24H,3,10-11,13-14H2,1-2H3,(H2,20,22,23). The Labute approximate surface area is 154 Å². The minimum absolute atomic E-state index is 0.0385. The number of hydrogen-bond acceptors (Lipinski definition) is 5. The Hall–Kier alpha value is -2.80. The van der Waals surface area contributed by atoms with Crippen LogP contribution in [0, 0.1) is 0 Å². The smallest absolute Gasteiger partial charge is 0.191 e. The van der Waals surface area contributed by atoms with Gasteiger partial charge in [0.15, 0.2) is 17.5 Å². The first-order chi connectivity index (χ1) is 12.8. The summed E-state index contributed by atoms with van der Waals surface area (Å²) in [6, 6.07) is 11.5. The molecule has 7 nitrogen and oxygen atoms in total. The monoisotopic (exact) mass is 358 g/mol. The number of rotatable bonds is 9. The van der Waals surface area contributed by atoms with Crippen molar-refractivity contribution >= 4 is 5.96 Å². The Kier molecular flexibility index (Phi) is 8.21. The van der Waals surface area contributed by atoms with E-state index in [2.05, 4.69) is 20.6 Å². The first kappa shape index (κ1) is 19.5. The van der Waals surface area contributed by atoms with Crippen molar-refractivity contribution in [3.05, 3.63) is 53.9 Å². The normalized spacial score (nSPS) is 11.1. The number of aliphatic imine (C=N–C) groups is 1. The van der Waals surface area contributed by atoms with Crippen LogP contribution in [0.2, 0.25) is 0 Å². The molecular weight excluding hydrogens is 332 g/mol. The zero-order valence-electron chi connectivity index (χ0n) is 15.2. The number of nitrogens with one attached hydrogen (secondary N) is 2. The van der Waals surface area contributed by atoms with Crippen molar-refractivity contribution in [1.82, 2.24) is 15.6 Å². The van der Waals surface area contributed by atoms with Crippen LogP contribution in [0.25, 0.3) is 0 Å². The summed E-state index contributed by atoms with van der Waals surface area (Å²) in [5.74, 6) is 1.95. The van der Waals surface area contributed by atoms with Crippen molar-refractivity contribution in [2.45, 2.75) is 20.0 Å². The van der Waals surface area contributed by atoms with Gasteiger partial charge in [-0.3, -0.25) is 4.98 Å². The van der Waals surface area contributed by atoms with Gasteiger partial charge in [-0.15, -0.1) is 0 Å². The molecule has 0 unspecified atom stereocenters. The number of hydrogen-bond donors (Lipinski definition) is 3. The summed E-state index contributed by atoms with van der Waals surface area (Å²) in [6.07, 6.45) is 1.77. The van der Waals surface area contributed by atoms with E-state index >= 15 is 0 Å². The molecule has 2 rings (SSSR count). The SMILES string of the molecule is CCNC(=NCc1ccc(OCCO)c(OC)c1)NCc1ccccn1. The number of guanidine groups is 1. The van der Waals surface area contributed by atoms with E-state index in [1.807, 2.05) is 43.3 Å². The Morgan fingerprint density at radius 3 is 2.77 bits per heavy atom. The molecule has 0 aliphatic carbocycles. The van der Waals surface area contributed by atoms with E-state index in [0.717, 1.165) is 23.8 Å². The highest BCUT2D eigenvalue weighted by Gasteiger charge is 2.06. The number of pyridine rings is 1. The van der Waals surface area contributed by atoms with Crippen LogP contribution in [0.3, 0.4) is 0 Å². The third-order valence-corrected chi connectivity index (χ3v) is 3.50. The summed E-state index contributed by atoms with van der Waals surface area (Å²) >= 11 is 0. The molecule has 0 atom stereocenters. The maximum absolute atomic E-state index is 8.87. The van der Waals surface area contributed by atoms with Gasteiger partial charge >= 0.3 is 0 Å². The molecule has 3 N–H and O–H groups in total. The van der Waals surface area contributed by atoms with Crippen LogP contribution in [-0.4, -0.2) is 42.9 Å². The predicted molar refractivity (Wildman–Crippen MR) is 101 cm³/mol. The second-order valence-corrected chi connectivity index (χ2v) is 5.43. The van der Waals surface area contributed by atoms with Gasteiger partial charge in [0, 0.05) is 12.7 Å². The fourth-order valence-electron chi connectivity index (χ4n) is 2.27. The number of aliphatic hydroxyl groups excluding tert-OH is 1. The Balaban J connectivity index is 2.01. The highest BCUT2D eigenvalue weighted by atomic mass is 16.5. The maximum atomic E-state index is 8.87. The molecular formula is C19H26N4O3. The minimum atomic E-state index is -0.0385. The third kappa shape index (κ3) is 6.25. The van der Waals surface area contributed by atoms with Gasteiger partial charge in [-0.25, -0.2) is 4.99 Å². The zero-order valence-corrected chi connectivity index (χ0v) is 15.2. The van der Waals surface area contributed by atoms with E-state index in [1.54, 1.807) is 13.3 Å². The molecule has 2 aromatic rings. The van der Waals surface area contributed by atoms with Crippen molar-refractivity contribution < 1.29 is 14.6 Å². The summed E-state index contributed by atoms with van der Waals surface area (Å²) in [7, 11) is 1.59. The van der Waals surface area contributed by atoms with Gasteiger partial charge in [0.1, 0.15) is 6.61 Å². The fraction of sp³-hybridized carbons (Fsp3) is 0.368. The van der Waals surface area contributed by atoms with E-state index in [9.17, 15) is 0 Å². The second kappa shape index (κ2) is 10.9. The molecule has 26 heavy (non-hydrogen) atoms. The summed E-state index contributed by atoms with van der Waals surface area (Å²) in [5, 5.41) is 15.4. The molecule has 0 amide bonds. The van der Waals surface area contributed by atoms with Gasteiger partial charge in [0.25, 0.3) is 0 Å². The lowest BCUT2D eigenvalue weighted by atomic mass is 10.2. The second-order valence-electron chi connectivity index (χ2n) is 5.43. The summed E-state index contributed by atoms with van der Waals surface area (Å²) in [6.45, 7) is 4.08. The molecule has 0 bridgehead atoms. The maximum Gasteiger partial charge on any atom is 0.191 e. The van der Waals surface area contributed by atoms with Crippen molar-refractivity contribution in [1.29, 1.82) is 0 Å². The number of aromatic nitrogens is 1. The van der Waals surface area contributed by atoms with Gasteiger partial charge in [-0.2, -0.15) is 0 Å². The van der Waals surface area contributed by atoms with Crippen LogP contribution in [0.1, 0.15) is 18.2 Å². The summed E-state index contributed by atoms with van der Waals surface area (Å²) in [4.78, 5) is 8.89. The van der Waals surface area contributed by atoms with Crippen LogP contribution < -0.4 is 20.1 Å². The van der Waals surface area contributed by atoms with Crippen LogP contribution >= 0.6 is 0 Å². The molecule has 0 fully saturated rings. The van der Waals surface area contributed by atoms with Crippen molar-refractivity contribution in [3.8, 4) is 11.5 Å². The quantitative estimate of drug-likeness (QED) is 0.467. The average molecular weight is 358 g/mol. The molecule has 1 aromatic heterocycles. The molecule has 1 aromatic carbocycles. The lowest BCUT2D eigenvalue weighted by Gasteiger charge is -2.12. The first-order valence-corrected chi connectivity index (χ1v) is 8.59. The van der Waals surface area contributed by atoms with Gasteiger partial charge in [0.2, 0.25) is 0 Å². The topological polar surface area (TPSA) is 88.0 Å². The van der Waals surface area contributed by atoms with Gasteiger partial charge < -0.3 is 25.2 Å². The Morgan fingerprint density at radius 1 is 1.19 bits per heavy atom. The van der Waals surface area contributed by atoms with E-state index < -0.39 is 0 Å². The van der Waals surface area contributed by atoms with Crippen LogP contribution in [-0.2, 0) is 13.1 Å². The van der Waals surface area contributed by atoms with Gasteiger partial charge in [-0.05, 0) is 36.8 Å². The molecule has 0 radical (unpaired) electrons. The minimum Gasteiger partial charge on any atom is -0.493 e. The number of ether oxygens (including phenoxy) is 2. The highest BCUT2D eigenvalue weighted by molar-refractivity contribution is 5.79. The molecule has 0 aliphatic rings. The van der Waals surface area contributed by atoms with E-state index in [4.69, 9.17) is 14.6 Å². The average Bonchev–Trinajstić information content (AvgIpc) is 2.69. The molecule has 0 saturated heterocycles. The number of methoxy groups -OCH3 is 1. The summed E-state index contributed by atoms with van der Waals surface area (Å²) in [5.41, 5.74) is 1.94. The third-order valence-electron chi connectivity index (χ3n) is 3.50. The summed E-state index contributed by atoms with van der Waals surface area (Å²) < 4.78 is 10.8. The lowest BCUT2D eigenvalue weighted by molar-refractivity contribution is 0.196. The fourth-order valence-corrected chi connectivity index (χ4v) is 2.27. The molecule has 0 aliphatic heterocycles. The Bertz CT molecular complexity index is 692. The van der Waals surface area contributed by atoms with E-state index in [1.165, 1.54) is 0 Å². The number of nitrogens with zero attached hydrogens (tertiary/aromatic N) is 2. The van der Waals surface area contributed by atoms with Gasteiger partial charge in [0.05, 0.1) is 32.5 Å². The number of benzene rings is 1. The van der Waals surface area contributed by atoms with Crippen molar-refractivity contribution in [2.24, 2.45) is 4.99 Å². The highest BCUT2D eigenvalue weighted by Crippen LogP contribution is 2.28. The number of aliphatic hydroxyl groups is 1. The molecule has 1 heterocycles. The van der Waals surface area contributed by atoms with E-state index in [0.29, 0.717) is 24.6 Å². The predicted octanol–water partition coefficient (Wildman–Crippen LogP) is 1.72. The zero-order chi connectivity index (χ0) is 18.6. The molecule has 0 saturated carbocycles. The Morgan fingerprint density at radius 2 is 2.08 bits per heavy atom. The molecule has 7 heteroatoms. The molecule has 0 spiro atoms. The first-order valence-electron chi connectivity index (χ1n) is 8.59. The van der Waals surface area contributed by atoms with Crippen molar-refractivity contribution in [2.75, 3.05) is 26.9 Å². The largest absolute Gasteiger partial charge is 0.493 e. The lowest BCUT2D eigenvalue weighted by Crippen LogP contribution is -2.37. The molecule has 140 valence electrons.